The van der Waals surface area contributed by atoms with Gasteiger partial charge in [-0.15, -0.1) is 0 Å². The molecule has 0 saturated carbocycles. The van der Waals surface area contributed by atoms with Crippen molar-refractivity contribution in [1.29, 1.82) is 0 Å². The molecule has 184 valence electrons. The molecule has 0 aliphatic rings. The van der Waals surface area contributed by atoms with E-state index in [1.807, 2.05) is 5.32 Å². The van der Waals surface area contributed by atoms with E-state index < -0.39 is 53.6 Å². The van der Waals surface area contributed by atoms with Gasteiger partial charge < -0.3 is 36.4 Å². The van der Waals surface area contributed by atoms with Crippen molar-refractivity contribution in [2.75, 3.05) is 18.5 Å². The molecule has 0 fully saturated rings. The van der Waals surface area contributed by atoms with Gasteiger partial charge in [0.25, 0.3) is 5.91 Å². The number of ketones is 1. The number of unbranched alkanes of at least 4 members (excludes halogenated alkanes) is 1. The zero-order valence-corrected chi connectivity index (χ0v) is 18.0. The first-order valence-electron chi connectivity index (χ1n) is 10.2. The Morgan fingerprint density at radius 1 is 1.03 bits per heavy atom. The molecule has 1 unspecified atom stereocenters. The largest absolute Gasteiger partial charge is 0.480 e. The van der Waals surface area contributed by atoms with Gasteiger partial charge in [0.05, 0.1) is 6.04 Å². The molecule has 0 aromatic heterocycles. The Kier molecular flexibility index (Phi) is 9.57. The molecule has 12 heteroatoms. The first-order valence-corrected chi connectivity index (χ1v) is 10.2. The van der Waals surface area contributed by atoms with Gasteiger partial charge in [0.2, 0.25) is 0 Å². The molecule has 2 rings (SSSR count). The third-order valence-electron chi connectivity index (χ3n) is 4.61. The maximum Gasteiger partial charge on any atom is 0.360 e. The van der Waals surface area contributed by atoms with Crippen molar-refractivity contribution in [1.82, 2.24) is 5.32 Å². The number of aliphatic hydroxyl groups is 3. The van der Waals surface area contributed by atoms with Crippen LogP contribution in [0.5, 0.6) is 5.75 Å². The fourth-order valence-electron chi connectivity index (χ4n) is 2.87. The molecular formula is C22H25F2N3O7. The second-order valence-electron chi connectivity index (χ2n) is 7.29. The van der Waals surface area contributed by atoms with Gasteiger partial charge in [-0.3, -0.25) is 14.4 Å². The molecule has 10 nitrogen and oxygen atoms in total. The monoisotopic (exact) mass is 481 g/mol. The first kappa shape index (κ1) is 26.8. The Bertz CT molecular complexity index is 1010. The van der Waals surface area contributed by atoms with Gasteiger partial charge in [-0.2, -0.15) is 0 Å². The van der Waals surface area contributed by atoms with Crippen LogP contribution in [-0.2, 0) is 9.59 Å². The van der Waals surface area contributed by atoms with Gasteiger partial charge in [0.1, 0.15) is 6.61 Å². The van der Waals surface area contributed by atoms with Crippen LogP contribution in [0, 0.1) is 11.6 Å². The highest BCUT2D eigenvalue weighted by atomic mass is 19.1. The average Bonchev–Trinajstić information content (AvgIpc) is 2.77. The van der Waals surface area contributed by atoms with Gasteiger partial charge in [0, 0.05) is 11.3 Å². The van der Waals surface area contributed by atoms with E-state index in [2.05, 4.69) is 5.32 Å². The van der Waals surface area contributed by atoms with E-state index in [9.17, 15) is 23.2 Å². The number of nitrogens with one attached hydrogen (secondary N) is 2. The van der Waals surface area contributed by atoms with Gasteiger partial charge >= 0.3 is 11.9 Å². The van der Waals surface area contributed by atoms with Crippen LogP contribution in [0.1, 0.15) is 29.6 Å². The van der Waals surface area contributed by atoms with Crippen molar-refractivity contribution in [2.45, 2.75) is 31.3 Å². The van der Waals surface area contributed by atoms with E-state index >= 15 is 0 Å². The Labute approximate surface area is 193 Å². The van der Waals surface area contributed by atoms with E-state index in [1.165, 1.54) is 24.3 Å². The summed E-state index contributed by atoms with van der Waals surface area (Å²) in [5.74, 6) is -9.18. The smallest absolute Gasteiger partial charge is 0.360 e. The van der Waals surface area contributed by atoms with Gasteiger partial charge in [0.15, 0.2) is 23.2 Å². The van der Waals surface area contributed by atoms with Crippen LogP contribution in [0.3, 0.4) is 0 Å². The first-order chi connectivity index (χ1) is 16.0. The van der Waals surface area contributed by atoms with Crippen LogP contribution >= 0.6 is 0 Å². The summed E-state index contributed by atoms with van der Waals surface area (Å²) in [6.45, 7) is -0.345. The highest BCUT2D eigenvalue weighted by Crippen LogP contribution is 2.21. The zero-order valence-electron chi connectivity index (χ0n) is 18.0. The summed E-state index contributed by atoms with van der Waals surface area (Å²) in [7, 11) is 0. The van der Waals surface area contributed by atoms with Crippen molar-refractivity contribution in [2.24, 2.45) is 5.73 Å². The number of anilines is 1. The number of amides is 2. The fourth-order valence-corrected chi connectivity index (χ4v) is 2.87. The topological polar surface area (TPSA) is 171 Å². The molecule has 0 spiro atoms. The van der Waals surface area contributed by atoms with E-state index in [0.29, 0.717) is 19.4 Å². The molecule has 0 saturated heterocycles. The molecule has 0 heterocycles. The molecular weight excluding hydrogens is 456 g/mol. The lowest BCUT2D eigenvalue weighted by Gasteiger charge is -2.19. The minimum atomic E-state index is -3.61. The maximum absolute atomic E-state index is 13.7. The number of hydrogen-bond acceptors (Lipinski definition) is 8. The zero-order chi connectivity index (χ0) is 25.3. The van der Waals surface area contributed by atoms with Crippen molar-refractivity contribution >= 4 is 23.3 Å². The number of para-hydroxylation sites is 1. The molecule has 0 aliphatic carbocycles. The Hall–Kier alpha value is -3.45. The molecule has 0 bridgehead atoms. The number of hydrogen-bond donors (Lipinski definition) is 6. The molecule has 2 amide bonds. The van der Waals surface area contributed by atoms with Gasteiger partial charge in [-0.25, -0.2) is 8.78 Å². The predicted molar refractivity (Wildman–Crippen MR) is 115 cm³/mol. The number of nitrogens with two attached hydrogens (primary N) is 1. The van der Waals surface area contributed by atoms with Gasteiger partial charge in [-0.1, -0.05) is 12.1 Å². The average molecular weight is 481 g/mol. The van der Waals surface area contributed by atoms with E-state index in [-0.39, 0.29) is 17.7 Å². The second-order valence-corrected chi connectivity index (χ2v) is 7.29. The van der Waals surface area contributed by atoms with E-state index in [0.717, 1.165) is 18.2 Å². The minimum absolute atomic E-state index is 0.00471. The van der Waals surface area contributed by atoms with Crippen LogP contribution in [0.15, 0.2) is 42.5 Å². The van der Waals surface area contributed by atoms with E-state index in [1.54, 1.807) is 0 Å². The third kappa shape index (κ3) is 7.85. The number of rotatable bonds is 12. The molecule has 2 aromatic carbocycles. The lowest BCUT2D eigenvalue weighted by Crippen LogP contribution is -2.43. The molecule has 34 heavy (non-hydrogen) atoms. The third-order valence-corrected chi connectivity index (χ3v) is 4.61. The summed E-state index contributed by atoms with van der Waals surface area (Å²) < 4.78 is 32.5. The van der Waals surface area contributed by atoms with Crippen LogP contribution in [0.4, 0.5) is 14.5 Å². The van der Waals surface area contributed by atoms with Crippen LogP contribution in [-0.4, -0.2) is 58.1 Å². The molecule has 0 radical (unpaired) electrons. The van der Waals surface area contributed by atoms with Crippen LogP contribution in [0.2, 0.25) is 0 Å². The van der Waals surface area contributed by atoms with Crippen molar-refractivity contribution < 1.29 is 43.2 Å². The molecule has 1 atom stereocenters. The number of carbonyl (C=O) groups is 3. The van der Waals surface area contributed by atoms with Crippen molar-refractivity contribution in [3.63, 3.8) is 0 Å². The number of ether oxygens (including phenoxy) is 1. The normalized spacial score (nSPS) is 12.1. The van der Waals surface area contributed by atoms with Crippen LogP contribution < -0.4 is 21.1 Å². The van der Waals surface area contributed by atoms with Crippen molar-refractivity contribution in [3.8, 4) is 5.75 Å². The number of halogens is 2. The predicted octanol–water partition coefficient (Wildman–Crippen LogP) is 0.410. The summed E-state index contributed by atoms with van der Waals surface area (Å²) >= 11 is 0. The van der Waals surface area contributed by atoms with Crippen LogP contribution in [0.25, 0.3) is 0 Å². The summed E-state index contributed by atoms with van der Waals surface area (Å²) in [5, 5.41) is 31.2. The number of carbonyl (C=O) groups excluding carboxylic acids is 3. The lowest BCUT2D eigenvalue weighted by atomic mass is 10.0. The summed E-state index contributed by atoms with van der Waals surface area (Å²) in [6, 6.07) is 7.26. The molecule has 7 N–H and O–H groups in total. The Balaban J connectivity index is 2.11. The highest BCUT2D eigenvalue weighted by Gasteiger charge is 2.30. The Morgan fingerprint density at radius 2 is 1.68 bits per heavy atom. The SMILES string of the molecule is NCCCCC(NC(=O)c1cccc(NC(=O)C(O)(O)O)c1)C(=O)COc1c(F)cccc1F. The van der Waals surface area contributed by atoms with E-state index in [4.69, 9.17) is 25.8 Å². The molecule has 0 aliphatic heterocycles. The highest BCUT2D eigenvalue weighted by molar-refractivity contribution is 6.00. The van der Waals surface area contributed by atoms with Gasteiger partial charge in [-0.05, 0) is 56.1 Å². The molecule has 2 aromatic rings. The quantitative estimate of drug-likeness (QED) is 0.187. The number of benzene rings is 2. The fraction of sp³-hybridized carbons (Fsp3) is 0.318. The summed E-state index contributed by atoms with van der Waals surface area (Å²) in [4.78, 5) is 36.8. The summed E-state index contributed by atoms with van der Waals surface area (Å²) in [6.07, 6.45) is 1.22. The number of Topliss-reactive ketones (excluding diaryl/α,β-unsaturated/α-hetero) is 1. The van der Waals surface area contributed by atoms with Crippen molar-refractivity contribution in [3.05, 3.63) is 59.7 Å². The minimum Gasteiger partial charge on any atom is -0.480 e. The standard InChI is InChI=1S/C22H25F2N3O7/c23-15-7-4-8-16(24)19(15)34-12-18(28)17(9-1-2-10-25)27-20(29)13-5-3-6-14(11-13)26-21(30)22(31,32)33/h3-8,11,17,31-33H,1-2,9-10,12,25H2,(H,26,30)(H,27,29). The maximum atomic E-state index is 13.7. The summed E-state index contributed by atoms with van der Waals surface area (Å²) in [5.41, 5.74) is 5.43. The lowest BCUT2D eigenvalue weighted by molar-refractivity contribution is -0.284. The second kappa shape index (κ2) is 12.1. The Morgan fingerprint density at radius 3 is 2.29 bits per heavy atom.